The largest absolute Gasteiger partial charge is 0.444 e. The molecule has 8 heteroatoms. The van der Waals surface area contributed by atoms with E-state index in [0.717, 1.165) is 0 Å². The van der Waals surface area contributed by atoms with Crippen LogP contribution in [0.2, 0.25) is 0 Å². The topological polar surface area (TPSA) is 60.2 Å². The minimum absolute atomic E-state index is 0.164. The number of benzene rings is 1. The first kappa shape index (κ1) is 17.4. The van der Waals surface area contributed by atoms with E-state index in [2.05, 4.69) is 26.0 Å². The number of hydrogen-bond donors (Lipinski definition) is 0. The van der Waals surface area contributed by atoms with Gasteiger partial charge in [0.1, 0.15) is 17.6 Å². The van der Waals surface area contributed by atoms with E-state index in [-0.39, 0.29) is 12.2 Å². The van der Waals surface area contributed by atoms with E-state index in [4.69, 9.17) is 4.74 Å². The molecule has 1 heterocycles. The van der Waals surface area contributed by atoms with Gasteiger partial charge in [-0.15, -0.1) is 5.10 Å². The van der Waals surface area contributed by atoms with Gasteiger partial charge in [-0.05, 0) is 48.8 Å². The van der Waals surface area contributed by atoms with Crippen molar-refractivity contribution >= 4 is 22.0 Å². The molecule has 0 aliphatic carbocycles. The van der Waals surface area contributed by atoms with E-state index in [9.17, 15) is 9.18 Å². The second-order valence-corrected chi connectivity index (χ2v) is 6.87. The Morgan fingerprint density at radius 2 is 2.13 bits per heavy atom. The molecule has 0 bridgehead atoms. The van der Waals surface area contributed by atoms with Crippen molar-refractivity contribution in [3.05, 3.63) is 40.6 Å². The summed E-state index contributed by atoms with van der Waals surface area (Å²) in [6, 6.07) is 4.90. The Kier molecular flexibility index (Phi) is 5.03. The van der Waals surface area contributed by atoms with Gasteiger partial charge in [-0.1, -0.05) is 6.07 Å². The van der Waals surface area contributed by atoms with E-state index in [1.54, 1.807) is 46.0 Å². The normalized spacial score (nSPS) is 11.4. The lowest BCUT2D eigenvalue weighted by molar-refractivity contribution is 0.0281. The van der Waals surface area contributed by atoms with Crippen LogP contribution in [0.3, 0.4) is 0 Å². The van der Waals surface area contributed by atoms with E-state index in [1.807, 2.05) is 0 Å². The zero-order valence-corrected chi connectivity index (χ0v) is 15.0. The molecule has 1 aromatic heterocycles. The Hall–Kier alpha value is -1.96. The quantitative estimate of drug-likeness (QED) is 0.811. The van der Waals surface area contributed by atoms with Gasteiger partial charge in [-0.2, -0.15) is 0 Å². The Labute approximate surface area is 142 Å². The number of halogens is 2. The van der Waals surface area contributed by atoms with Gasteiger partial charge in [0, 0.05) is 7.05 Å². The van der Waals surface area contributed by atoms with Crippen LogP contribution in [-0.4, -0.2) is 38.4 Å². The summed E-state index contributed by atoms with van der Waals surface area (Å²) in [7, 11) is 1.59. The van der Waals surface area contributed by atoms with Gasteiger partial charge < -0.3 is 9.64 Å². The summed E-state index contributed by atoms with van der Waals surface area (Å²) in [6.45, 7) is 5.54. The molecule has 2 rings (SSSR count). The summed E-state index contributed by atoms with van der Waals surface area (Å²) in [5.41, 5.74) is -0.296. The van der Waals surface area contributed by atoms with E-state index < -0.39 is 17.5 Å². The minimum atomic E-state index is -0.572. The maximum absolute atomic E-state index is 14.1. The molecule has 0 N–H and O–H groups in total. The summed E-state index contributed by atoms with van der Waals surface area (Å²) >= 11 is 3.13. The van der Waals surface area contributed by atoms with Crippen LogP contribution in [0.15, 0.2) is 29.0 Å². The molecule has 0 radical (unpaired) electrons. The number of ether oxygens (including phenoxy) is 1. The number of carbonyl (C=O) groups is 1. The van der Waals surface area contributed by atoms with Crippen molar-refractivity contribution in [2.45, 2.75) is 32.9 Å². The van der Waals surface area contributed by atoms with Crippen LogP contribution in [0.5, 0.6) is 0 Å². The first-order valence-electron chi connectivity index (χ1n) is 6.96. The molecule has 0 atom stereocenters. The van der Waals surface area contributed by atoms with Gasteiger partial charge in [0.25, 0.3) is 0 Å². The zero-order chi connectivity index (χ0) is 17.2. The highest BCUT2D eigenvalue weighted by Gasteiger charge is 2.20. The summed E-state index contributed by atoms with van der Waals surface area (Å²) in [4.78, 5) is 17.4. The Morgan fingerprint density at radius 3 is 2.78 bits per heavy atom. The maximum atomic E-state index is 14.1. The van der Waals surface area contributed by atoms with Gasteiger partial charge in [0.15, 0.2) is 11.6 Å². The molecule has 124 valence electrons. The molecule has 6 nitrogen and oxygen atoms in total. The highest BCUT2D eigenvalue weighted by Crippen LogP contribution is 2.21. The second kappa shape index (κ2) is 6.66. The Balaban J connectivity index is 2.11. The molecular formula is C15H18BrFN4O2. The predicted molar refractivity (Wildman–Crippen MR) is 86.7 cm³/mol. The molecule has 0 saturated heterocycles. The predicted octanol–water partition coefficient (Wildman–Crippen LogP) is 3.54. The SMILES string of the molecule is CN(Cc1ncn(-c2cccc(Br)c2F)n1)C(=O)OC(C)(C)C. The third-order valence-electron chi connectivity index (χ3n) is 2.80. The first-order chi connectivity index (χ1) is 10.7. The van der Waals surface area contributed by atoms with Crippen molar-refractivity contribution in [1.29, 1.82) is 0 Å². The zero-order valence-electron chi connectivity index (χ0n) is 13.4. The van der Waals surface area contributed by atoms with Crippen LogP contribution in [-0.2, 0) is 11.3 Å². The molecule has 0 aliphatic heterocycles. The molecule has 0 saturated carbocycles. The van der Waals surface area contributed by atoms with Crippen molar-refractivity contribution in [3.8, 4) is 5.69 Å². The lowest BCUT2D eigenvalue weighted by Gasteiger charge is -2.23. The van der Waals surface area contributed by atoms with Crippen molar-refractivity contribution in [3.63, 3.8) is 0 Å². The van der Waals surface area contributed by atoms with Crippen molar-refractivity contribution in [2.75, 3.05) is 7.05 Å². The molecule has 0 fully saturated rings. The fourth-order valence-electron chi connectivity index (χ4n) is 1.77. The van der Waals surface area contributed by atoms with Gasteiger partial charge in [-0.3, -0.25) is 0 Å². The van der Waals surface area contributed by atoms with Crippen LogP contribution in [0.25, 0.3) is 5.69 Å². The number of aromatic nitrogens is 3. The number of nitrogens with zero attached hydrogens (tertiary/aromatic N) is 4. The maximum Gasteiger partial charge on any atom is 0.410 e. The van der Waals surface area contributed by atoms with Crippen molar-refractivity contribution in [2.24, 2.45) is 0 Å². The fourth-order valence-corrected chi connectivity index (χ4v) is 2.13. The summed E-state index contributed by atoms with van der Waals surface area (Å²) in [5.74, 6) is -0.0396. The number of carbonyl (C=O) groups excluding carboxylic acids is 1. The smallest absolute Gasteiger partial charge is 0.410 e. The van der Waals surface area contributed by atoms with Crippen molar-refractivity contribution in [1.82, 2.24) is 19.7 Å². The molecule has 23 heavy (non-hydrogen) atoms. The highest BCUT2D eigenvalue weighted by atomic mass is 79.9. The molecule has 1 amide bonds. The minimum Gasteiger partial charge on any atom is -0.444 e. The summed E-state index contributed by atoms with van der Waals surface area (Å²) < 4.78 is 21.0. The lowest BCUT2D eigenvalue weighted by atomic mass is 10.2. The van der Waals surface area contributed by atoms with Crippen LogP contribution in [0, 0.1) is 5.82 Å². The number of amides is 1. The fraction of sp³-hybridized carbons (Fsp3) is 0.400. The third kappa shape index (κ3) is 4.51. The van der Waals surface area contributed by atoms with E-state index in [0.29, 0.717) is 10.3 Å². The molecule has 1 aromatic carbocycles. The average Bonchev–Trinajstić information content (AvgIpc) is 2.88. The molecule has 0 spiro atoms. The Bertz CT molecular complexity index is 712. The molecule has 2 aromatic rings. The van der Waals surface area contributed by atoms with Crippen LogP contribution in [0.1, 0.15) is 26.6 Å². The summed E-state index contributed by atoms with van der Waals surface area (Å²) in [5, 5.41) is 4.20. The third-order valence-corrected chi connectivity index (χ3v) is 3.41. The van der Waals surface area contributed by atoms with Crippen LogP contribution >= 0.6 is 15.9 Å². The molecule has 0 aliphatic rings. The van der Waals surface area contributed by atoms with Gasteiger partial charge in [0.2, 0.25) is 0 Å². The van der Waals surface area contributed by atoms with Crippen molar-refractivity contribution < 1.29 is 13.9 Å². The van der Waals surface area contributed by atoms with Crippen LogP contribution < -0.4 is 0 Å². The highest BCUT2D eigenvalue weighted by molar-refractivity contribution is 9.10. The molecule has 0 unspecified atom stereocenters. The standard InChI is InChI=1S/C15H18BrFN4O2/c1-15(2,3)23-14(22)20(4)8-12-18-9-21(19-12)11-7-5-6-10(16)13(11)17/h5-7,9H,8H2,1-4H3. The average molecular weight is 385 g/mol. The van der Waals surface area contributed by atoms with E-state index in [1.165, 1.54) is 15.9 Å². The van der Waals surface area contributed by atoms with E-state index >= 15 is 0 Å². The van der Waals surface area contributed by atoms with Gasteiger partial charge >= 0.3 is 6.09 Å². The summed E-state index contributed by atoms with van der Waals surface area (Å²) in [6.07, 6.45) is 0.936. The number of hydrogen-bond acceptors (Lipinski definition) is 4. The second-order valence-electron chi connectivity index (χ2n) is 6.01. The van der Waals surface area contributed by atoms with Gasteiger partial charge in [0.05, 0.1) is 11.0 Å². The van der Waals surface area contributed by atoms with Crippen LogP contribution in [0.4, 0.5) is 9.18 Å². The molecular weight excluding hydrogens is 367 g/mol. The number of rotatable bonds is 3. The first-order valence-corrected chi connectivity index (χ1v) is 7.76. The van der Waals surface area contributed by atoms with Gasteiger partial charge in [-0.25, -0.2) is 18.9 Å². The Morgan fingerprint density at radius 1 is 1.43 bits per heavy atom. The monoisotopic (exact) mass is 384 g/mol. The lowest BCUT2D eigenvalue weighted by Crippen LogP contribution is -2.34.